The summed E-state index contributed by atoms with van der Waals surface area (Å²) in [6, 6.07) is 78.1. The Kier molecular flexibility index (Phi) is 7.31. The number of rotatable bonds is 5. The van der Waals surface area contributed by atoms with Gasteiger partial charge in [0.15, 0.2) is 0 Å². The molecule has 9 aromatic carbocycles. The molecule has 0 saturated carbocycles. The van der Waals surface area contributed by atoms with E-state index < -0.39 is 5.41 Å². The Hall–Kier alpha value is -7.68. The number of para-hydroxylation sites is 2. The van der Waals surface area contributed by atoms with E-state index in [0.29, 0.717) is 0 Å². The van der Waals surface area contributed by atoms with Crippen LogP contribution in [-0.2, 0) is 10.8 Å². The first-order valence-corrected chi connectivity index (χ1v) is 21.7. The van der Waals surface area contributed by atoms with E-state index >= 15 is 0 Å². The highest BCUT2D eigenvalue weighted by Gasteiger charge is 2.55. The summed E-state index contributed by atoms with van der Waals surface area (Å²) >= 11 is 0. The molecule has 62 heavy (non-hydrogen) atoms. The molecule has 1 atom stereocenters. The molecule has 2 nitrogen and oxygen atoms in total. The molecule has 10 aromatic rings. The zero-order chi connectivity index (χ0) is 41.2. The van der Waals surface area contributed by atoms with Gasteiger partial charge in [-0.1, -0.05) is 184 Å². The van der Waals surface area contributed by atoms with Gasteiger partial charge in [0, 0.05) is 33.3 Å². The zero-order valence-electron chi connectivity index (χ0n) is 34.6. The largest absolute Gasteiger partial charge is 0.459 e. The lowest BCUT2D eigenvalue weighted by Gasteiger charge is -2.31. The molecule has 13 rings (SSSR count). The van der Waals surface area contributed by atoms with Crippen molar-refractivity contribution in [2.45, 2.75) is 24.7 Å². The summed E-state index contributed by atoms with van der Waals surface area (Å²) in [6.45, 7) is 4.70. The minimum atomic E-state index is -0.623. The topological polar surface area (TPSA) is 16.4 Å². The molecular formula is C60H41NO. The van der Waals surface area contributed by atoms with Crippen LogP contribution in [0.5, 0.6) is 0 Å². The van der Waals surface area contributed by atoms with Gasteiger partial charge in [-0.2, -0.15) is 0 Å². The fraction of sp³-hybridized carbons (Fsp3) is 0.0667. The maximum absolute atomic E-state index is 7.09. The molecule has 0 aliphatic heterocycles. The first-order valence-electron chi connectivity index (χ1n) is 21.7. The van der Waals surface area contributed by atoms with Crippen LogP contribution in [0.15, 0.2) is 217 Å². The van der Waals surface area contributed by atoms with Crippen LogP contribution < -0.4 is 4.90 Å². The summed E-state index contributed by atoms with van der Waals surface area (Å²) in [7, 11) is 0. The van der Waals surface area contributed by atoms with E-state index in [-0.39, 0.29) is 5.41 Å². The van der Waals surface area contributed by atoms with Gasteiger partial charge in [-0.05, 0) is 115 Å². The van der Waals surface area contributed by atoms with Crippen LogP contribution in [0.4, 0.5) is 17.1 Å². The summed E-state index contributed by atoms with van der Waals surface area (Å²) in [5, 5.41) is 1.16. The van der Waals surface area contributed by atoms with Crippen molar-refractivity contribution in [1.29, 1.82) is 0 Å². The van der Waals surface area contributed by atoms with Gasteiger partial charge in [-0.3, -0.25) is 0 Å². The number of furan rings is 1. The van der Waals surface area contributed by atoms with Crippen LogP contribution >= 0.6 is 0 Å². The predicted octanol–water partition coefficient (Wildman–Crippen LogP) is 15.9. The quantitative estimate of drug-likeness (QED) is 0.173. The van der Waals surface area contributed by atoms with Crippen LogP contribution in [0.25, 0.3) is 66.6 Å². The van der Waals surface area contributed by atoms with Gasteiger partial charge in [-0.25, -0.2) is 0 Å². The SMILES string of the molecule is CC1(C)c2ccccc2-c2ccc(-c3ccc(N(c4ccc5c(c4)C4(c6ccccc6-5)c5ccccc5-c5c4oc4ccccc54)c4ccccc4-c4ccccc4)cc3)cc21. The number of benzene rings is 9. The second kappa shape index (κ2) is 12.9. The van der Waals surface area contributed by atoms with Crippen molar-refractivity contribution < 1.29 is 4.42 Å². The third-order valence-corrected chi connectivity index (χ3v) is 14.1. The first-order chi connectivity index (χ1) is 30.5. The number of hydrogen-bond acceptors (Lipinski definition) is 2. The maximum atomic E-state index is 7.09. The van der Waals surface area contributed by atoms with Crippen molar-refractivity contribution in [3.8, 4) is 55.6 Å². The van der Waals surface area contributed by atoms with Gasteiger partial charge < -0.3 is 9.32 Å². The molecule has 0 fully saturated rings. The molecule has 1 heterocycles. The molecule has 3 aliphatic rings. The van der Waals surface area contributed by atoms with Gasteiger partial charge >= 0.3 is 0 Å². The molecule has 0 saturated heterocycles. The average Bonchev–Trinajstić information content (AvgIpc) is 4.01. The average molecular weight is 792 g/mol. The molecule has 1 unspecified atom stereocenters. The normalized spacial score (nSPS) is 15.8. The number of anilines is 3. The van der Waals surface area contributed by atoms with Gasteiger partial charge in [0.25, 0.3) is 0 Å². The Morgan fingerprint density at radius 1 is 0.371 bits per heavy atom. The number of nitrogens with zero attached hydrogens (tertiary/aromatic N) is 1. The van der Waals surface area contributed by atoms with Crippen molar-refractivity contribution >= 4 is 28.0 Å². The lowest BCUT2D eigenvalue weighted by molar-refractivity contribution is 0.507. The summed E-state index contributed by atoms with van der Waals surface area (Å²) in [6.07, 6.45) is 0. The standard InChI is InChI=1S/C60H41NO/c1-59(2)50-23-11-6-19-44(50)46-34-30-40(36-53(46)59)38-28-31-41(32-29-38)61(55-26-14-9-18-43(55)39-16-4-3-5-17-39)42-33-35-47-45-20-7-12-24-51(45)60(54(47)37-42)52-25-13-8-21-48(52)57-49-22-10-15-27-56(49)62-58(57)60/h3-37H,1-2H3. The van der Waals surface area contributed by atoms with E-state index in [1.807, 2.05) is 0 Å². The Bertz CT molecular complexity index is 3440. The first kappa shape index (κ1) is 35.1. The monoisotopic (exact) mass is 791 g/mol. The van der Waals surface area contributed by atoms with Crippen LogP contribution in [-0.4, -0.2) is 0 Å². The minimum Gasteiger partial charge on any atom is -0.459 e. The smallest absolute Gasteiger partial charge is 0.135 e. The van der Waals surface area contributed by atoms with Gasteiger partial charge in [0.2, 0.25) is 0 Å². The van der Waals surface area contributed by atoms with Crippen molar-refractivity contribution in [2.75, 3.05) is 4.90 Å². The van der Waals surface area contributed by atoms with Crippen LogP contribution in [0, 0.1) is 0 Å². The van der Waals surface area contributed by atoms with E-state index in [0.717, 1.165) is 33.8 Å². The van der Waals surface area contributed by atoms with E-state index in [1.165, 1.54) is 83.5 Å². The molecule has 1 aromatic heterocycles. The Morgan fingerprint density at radius 2 is 0.919 bits per heavy atom. The third-order valence-electron chi connectivity index (χ3n) is 14.1. The summed E-state index contributed by atoms with van der Waals surface area (Å²) < 4.78 is 7.09. The zero-order valence-corrected chi connectivity index (χ0v) is 34.6. The van der Waals surface area contributed by atoms with Gasteiger partial charge in [0.1, 0.15) is 16.8 Å². The third kappa shape index (κ3) is 4.69. The van der Waals surface area contributed by atoms with Crippen molar-refractivity contribution in [2.24, 2.45) is 0 Å². The van der Waals surface area contributed by atoms with Crippen LogP contribution in [0.3, 0.4) is 0 Å². The molecule has 0 amide bonds. The van der Waals surface area contributed by atoms with Crippen molar-refractivity contribution in [3.05, 3.63) is 246 Å². The number of fused-ring (bicyclic) bond motifs is 15. The Morgan fingerprint density at radius 3 is 1.71 bits per heavy atom. The highest BCUT2D eigenvalue weighted by Crippen LogP contribution is 2.65. The van der Waals surface area contributed by atoms with Crippen LogP contribution in [0.2, 0.25) is 0 Å². The molecule has 292 valence electrons. The van der Waals surface area contributed by atoms with E-state index in [9.17, 15) is 0 Å². The summed E-state index contributed by atoms with van der Waals surface area (Å²) in [5.74, 6) is 1.00. The molecule has 1 spiro atoms. The highest BCUT2D eigenvalue weighted by atomic mass is 16.3. The lowest BCUT2D eigenvalue weighted by atomic mass is 9.73. The van der Waals surface area contributed by atoms with Crippen molar-refractivity contribution in [1.82, 2.24) is 0 Å². The fourth-order valence-corrected chi connectivity index (χ4v) is 11.3. The van der Waals surface area contributed by atoms with E-state index in [1.54, 1.807) is 0 Å². The maximum Gasteiger partial charge on any atom is 0.135 e. The molecule has 0 N–H and O–H groups in total. The number of hydrogen-bond donors (Lipinski definition) is 0. The predicted molar refractivity (Wildman–Crippen MR) is 256 cm³/mol. The van der Waals surface area contributed by atoms with E-state index in [4.69, 9.17) is 4.42 Å². The van der Waals surface area contributed by atoms with E-state index in [2.05, 4.69) is 231 Å². The van der Waals surface area contributed by atoms with Crippen molar-refractivity contribution in [3.63, 3.8) is 0 Å². The lowest BCUT2D eigenvalue weighted by Crippen LogP contribution is -2.26. The Labute approximate surface area is 362 Å². The second-order valence-electron chi connectivity index (χ2n) is 17.6. The summed E-state index contributed by atoms with van der Waals surface area (Å²) in [5.41, 5.74) is 22.4. The Balaban J connectivity index is 1.01. The van der Waals surface area contributed by atoms with Gasteiger partial charge in [-0.15, -0.1) is 0 Å². The van der Waals surface area contributed by atoms with Crippen LogP contribution in [0.1, 0.15) is 47.4 Å². The molecule has 2 heteroatoms. The minimum absolute atomic E-state index is 0.0621. The second-order valence-corrected chi connectivity index (χ2v) is 17.6. The molecule has 3 aliphatic carbocycles. The van der Waals surface area contributed by atoms with Gasteiger partial charge in [0.05, 0.1) is 5.69 Å². The molecule has 0 radical (unpaired) electrons. The highest BCUT2D eigenvalue weighted by molar-refractivity contribution is 6.05. The summed E-state index contributed by atoms with van der Waals surface area (Å²) in [4.78, 5) is 2.45. The molecule has 0 bridgehead atoms. The molecular weight excluding hydrogens is 751 g/mol. The fourth-order valence-electron chi connectivity index (χ4n) is 11.3.